The maximum absolute atomic E-state index is 12.4. The SMILES string of the molecule is O=C(COc1ccc2nncn2n1)NC(Cn1cccn1)c1ccccc1. The third kappa shape index (κ3) is 4.09. The number of carbonyl (C=O) groups excluding carboxylic acids is 1. The van der Waals surface area contributed by atoms with Gasteiger partial charge in [0.05, 0.1) is 12.6 Å². The maximum Gasteiger partial charge on any atom is 0.258 e. The molecule has 9 heteroatoms. The smallest absolute Gasteiger partial charge is 0.258 e. The molecule has 0 saturated carbocycles. The van der Waals surface area contributed by atoms with Crippen molar-refractivity contribution in [1.82, 2.24) is 34.9 Å². The summed E-state index contributed by atoms with van der Waals surface area (Å²) in [7, 11) is 0. The van der Waals surface area contributed by atoms with Gasteiger partial charge in [0.1, 0.15) is 6.33 Å². The number of hydrogen-bond acceptors (Lipinski definition) is 6. The van der Waals surface area contributed by atoms with Crippen LogP contribution in [-0.2, 0) is 11.3 Å². The lowest BCUT2D eigenvalue weighted by atomic mass is 10.1. The van der Waals surface area contributed by atoms with Crippen LogP contribution >= 0.6 is 0 Å². The highest BCUT2D eigenvalue weighted by molar-refractivity contribution is 5.78. The fraction of sp³-hybridized carbons (Fsp3) is 0.167. The Kier molecular flexibility index (Phi) is 4.73. The van der Waals surface area contributed by atoms with Crippen LogP contribution in [0.2, 0.25) is 0 Å². The summed E-state index contributed by atoms with van der Waals surface area (Å²) in [4.78, 5) is 12.4. The third-order valence-corrected chi connectivity index (χ3v) is 3.95. The van der Waals surface area contributed by atoms with Crippen molar-refractivity contribution in [3.8, 4) is 5.88 Å². The molecule has 0 radical (unpaired) electrons. The number of amides is 1. The van der Waals surface area contributed by atoms with Crippen LogP contribution in [0.5, 0.6) is 5.88 Å². The summed E-state index contributed by atoms with van der Waals surface area (Å²) >= 11 is 0. The number of aromatic nitrogens is 6. The first-order valence-electron chi connectivity index (χ1n) is 8.39. The van der Waals surface area contributed by atoms with Gasteiger partial charge in [-0.05, 0) is 17.7 Å². The lowest BCUT2D eigenvalue weighted by Gasteiger charge is -2.19. The molecule has 0 saturated heterocycles. The Morgan fingerprint density at radius 2 is 2.04 bits per heavy atom. The van der Waals surface area contributed by atoms with Gasteiger partial charge in [0.2, 0.25) is 5.88 Å². The van der Waals surface area contributed by atoms with Gasteiger partial charge in [0.15, 0.2) is 12.3 Å². The molecule has 0 bridgehead atoms. The first kappa shape index (κ1) is 16.7. The van der Waals surface area contributed by atoms with Gasteiger partial charge in [-0.15, -0.1) is 15.3 Å². The highest BCUT2D eigenvalue weighted by Gasteiger charge is 2.16. The number of rotatable bonds is 7. The summed E-state index contributed by atoms with van der Waals surface area (Å²) < 4.78 is 8.76. The van der Waals surface area contributed by atoms with Gasteiger partial charge in [-0.25, -0.2) is 0 Å². The molecule has 0 fully saturated rings. The van der Waals surface area contributed by atoms with Gasteiger partial charge >= 0.3 is 0 Å². The summed E-state index contributed by atoms with van der Waals surface area (Å²) in [6.45, 7) is 0.372. The number of nitrogens with zero attached hydrogens (tertiary/aromatic N) is 6. The van der Waals surface area contributed by atoms with Crippen molar-refractivity contribution in [3.63, 3.8) is 0 Å². The minimum Gasteiger partial charge on any atom is -0.467 e. The average molecular weight is 363 g/mol. The van der Waals surface area contributed by atoms with Crippen molar-refractivity contribution in [1.29, 1.82) is 0 Å². The van der Waals surface area contributed by atoms with E-state index in [0.717, 1.165) is 5.56 Å². The standard InChI is InChI=1S/C18H17N7O2/c26-17(12-27-18-8-7-16-22-19-13-25(16)23-18)21-15(11-24-10-4-9-20-24)14-5-2-1-3-6-14/h1-10,13,15H,11-12H2,(H,21,26). The Morgan fingerprint density at radius 1 is 1.15 bits per heavy atom. The quantitative estimate of drug-likeness (QED) is 0.531. The highest BCUT2D eigenvalue weighted by Crippen LogP contribution is 2.15. The van der Waals surface area contributed by atoms with E-state index >= 15 is 0 Å². The van der Waals surface area contributed by atoms with Crippen LogP contribution in [0, 0.1) is 0 Å². The zero-order valence-corrected chi connectivity index (χ0v) is 14.3. The van der Waals surface area contributed by atoms with Crippen molar-refractivity contribution in [2.45, 2.75) is 12.6 Å². The van der Waals surface area contributed by atoms with E-state index in [9.17, 15) is 4.79 Å². The molecule has 0 aliphatic carbocycles. The Morgan fingerprint density at radius 3 is 2.85 bits per heavy atom. The summed E-state index contributed by atoms with van der Waals surface area (Å²) in [6.07, 6.45) is 5.04. The topological polar surface area (TPSA) is 99.2 Å². The first-order valence-corrected chi connectivity index (χ1v) is 8.39. The van der Waals surface area contributed by atoms with E-state index in [2.05, 4.69) is 25.7 Å². The molecule has 1 unspecified atom stereocenters. The van der Waals surface area contributed by atoms with Gasteiger partial charge < -0.3 is 10.1 Å². The number of nitrogens with one attached hydrogen (secondary N) is 1. The number of fused-ring (bicyclic) bond motifs is 1. The minimum atomic E-state index is -0.248. The van der Waals surface area contributed by atoms with Crippen molar-refractivity contribution < 1.29 is 9.53 Å². The molecule has 1 N–H and O–H groups in total. The van der Waals surface area contributed by atoms with Crippen LogP contribution in [0.4, 0.5) is 0 Å². The number of carbonyl (C=O) groups is 1. The maximum atomic E-state index is 12.4. The zero-order valence-electron chi connectivity index (χ0n) is 14.3. The second kappa shape index (κ2) is 7.65. The molecule has 0 spiro atoms. The van der Waals surface area contributed by atoms with E-state index in [1.807, 2.05) is 42.6 Å². The molecule has 0 aliphatic heterocycles. The number of ether oxygens (including phenoxy) is 1. The molecule has 1 atom stereocenters. The lowest BCUT2D eigenvalue weighted by molar-refractivity contribution is -0.124. The molecule has 27 heavy (non-hydrogen) atoms. The molecule has 1 aromatic carbocycles. The summed E-state index contributed by atoms with van der Waals surface area (Å²) in [5.74, 6) is 0.0717. The summed E-state index contributed by atoms with van der Waals surface area (Å²) in [6, 6.07) is 14.7. The Labute approximate surface area is 154 Å². The molecular formula is C18H17N7O2. The molecule has 136 valence electrons. The molecular weight excluding hydrogens is 346 g/mol. The minimum absolute atomic E-state index is 0.150. The van der Waals surface area contributed by atoms with Crippen LogP contribution in [0.25, 0.3) is 5.65 Å². The van der Waals surface area contributed by atoms with Gasteiger partial charge in [-0.2, -0.15) is 9.61 Å². The van der Waals surface area contributed by atoms with Gasteiger partial charge in [0.25, 0.3) is 5.91 Å². The fourth-order valence-electron chi connectivity index (χ4n) is 2.68. The van der Waals surface area contributed by atoms with Crippen molar-refractivity contribution in [2.24, 2.45) is 0 Å². The first-order chi connectivity index (χ1) is 13.3. The molecule has 4 aromatic rings. The summed E-state index contributed by atoms with van der Waals surface area (Å²) in [5.41, 5.74) is 1.60. The Bertz CT molecular complexity index is 1010. The van der Waals surface area contributed by atoms with Crippen molar-refractivity contribution >= 4 is 11.6 Å². The predicted molar refractivity (Wildman–Crippen MR) is 95.8 cm³/mol. The number of benzene rings is 1. The van der Waals surface area contributed by atoms with Crippen LogP contribution < -0.4 is 10.1 Å². The van der Waals surface area contributed by atoms with E-state index in [-0.39, 0.29) is 18.6 Å². The van der Waals surface area contributed by atoms with E-state index in [4.69, 9.17) is 4.74 Å². The molecule has 1 amide bonds. The van der Waals surface area contributed by atoms with Crippen molar-refractivity contribution in [3.05, 3.63) is 72.8 Å². The molecule has 9 nitrogen and oxygen atoms in total. The zero-order chi connectivity index (χ0) is 18.5. The molecule has 4 rings (SSSR count). The molecule has 3 aromatic heterocycles. The normalized spacial score (nSPS) is 12.0. The Balaban J connectivity index is 1.41. The van der Waals surface area contributed by atoms with E-state index in [0.29, 0.717) is 18.1 Å². The molecule has 3 heterocycles. The van der Waals surface area contributed by atoms with Gasteiger partial charge in [0, 0.05) is 18.5 Å². The van der Waals surface area contributed by atoms with Crippen LogP contribution in [-0.4, -0.2) is 42.1 Å². The lowest BCUT2D eigenvalue weighted by Crippen LogP contribution is -2.35. The second-order valence-electron chi connectivity index (χ2n) is 5.85. The largest absolute Gasteiger partial charge is 0.467 e. The Hall–Kier alpha value is -3.75. The van der Waals surface area contributed by atoms with Crippen LogP contribution in [0.1, 0.15) is 11.6 Å². The van der Waals surface area contributed by atoms with E-state index in [1.54, 1.807) is 23.0 Å². The highest BCUT2D eigenvalue weighted by atomic mass is 16.5. The summed E-state index contributed by atoms with van der Waals surface area (Å²) in [5, 5.41) is 19.0. The number of hydrogen-bond donors (Lipinski definition) is 1. The van der Waals surface area contributed by atoms with Gasteiger partial charge in [-0.3, -0.25) is 9.48 Å². The van der Waals surface area contributed by atoms with Gasteiger partial charge in [-0.1, -0.05) is 30.3 Å². The monoisotopic (exact) mass is 363 g/mol. The molecule has 0 aliphatic rings. The average Bonchev–Trinajstić information content (AvgIpc) is 3.38. The van der Waals surface area contributed by atoms with Crippen molar-refractivity contribution in [2.75, 3.05) is 6.61 Å². The predicted octanol–water partition coefficient (Wildman–Crippen LogP) is 1.26. The fourth-order valence-corrected chi connectivity index (χ4v) is 2.68. The van der Waals surface area contributed by atoms with Crippen LogP contribution in [0.15, 0.2) is 67.3 Å². The van der Waals surface area contributed by atoms with E-state index in [1.165, 1.54) is 10.8 Å². The third-order valence-electron chi connectivity index (χ3n) is 3.95. The van der Waals surface area contributed by atoms with Crippen LogP contribution in [0.3, 0.4) is 0 Å². The second-order valence-corrected chi connectivity index (χ2v) is 5.85. The van der Waals surface area contributed by atoms with E-state index < -0.39 is 0 Å².